The Kier molecular flexibility index (Phi) is 6.88. The Morgan fingerprint density at radius 3 is 1.30 bits per heavy atom. The third-order valence-corrected chi connectivity index (χ3v) is 9.83. The molecule has 0 amide bonds. The van der Waals surface area contributed by atoms with E-state index in [0.717, 1.165) is 39.8 Å². The predicted molar refractivity (Wildman–Crippen MR) is 173 cm³/mol. The molecule has 0 radical (unpaired) electrons. The molecule has 8 rings (SSSR count). The van der Waals surface area contributed by atoms with E-state index in [0.29, 0.717) is 63.6 Å². The first-order valence-electron chi connectivity index (χ1n) is 15.5. The van der Waals surface area contributed by atoms with Gasteiger partial charge in [-0.15, -0.1) is 0 Å². The van der Waals surface area contributed by atoms with E-state index in [1.807, 2.05) is 81.4 Å². The summed E-state index contributed by atoms with van der Waals surface area (Å²) in [5, 5.41) is 0. The Morgan fingerprint density at radius 1 is 0.465 bits per heavy atom. The summed E-state index contributed by atoms with van der Waals surface area (Å²) in [4.78, 5) is 0. The molecule has 4 aromatic rings. The average Bonchev–Trinajstić information content (AvgIpc) is 2.96. The molecule has 0 unspecified atom stereocenters. The van der Waals surface area contributed by atoms with Crippen molar-refractivity contribution in [1.29, 1.82) is 0 Å². The number of aryl methyl sites for hydroxylation is 3. The van der Waals surface area contributed by atoms with Crippen LogP contribution in [0.4, 0.5) is 17.1 Å². The molecular weight excluding hydrogens is 534 g/mol. The van der Waals surface area contributed by atoms with Gasteiger partial charge in [0, 0.05) is 11.6 Å². The van der Waals surface area contributed by atoms with E-state index < -0.39 is 0 Å². The van der Waals surface area contributed by atoms with Crippen LogP contribution in [0, 0.1) is 44.4 Å². The smallest absolute Gasteiger partial charge is 0.173 e. The number of anilines is 3. The molecule has 4 bridgehead atoms. The maximum Gasteiger partial charge on any atom is 0.173 e. The van der Waals surface area contributed by atoms with E-state index in [4.69, 9.17) is 31.4 Å². The number of nitrogens with two attached hydrogens (primary N) is 3. The van der Waals surface area contributed by atoms with Crippen LogP contribution >= 0.6 is 0 Å². The first-order valence-corrected chi connectivity index (χ1v) is 15.5. The lowest BCUT2D eigenvalue weighted by molar-refractivity contribution is -0.00341. The van der Waals surface area contributed by atoms with Gasteiger partial charge in [-0.3, -0.25) is 0 Å². The number of benzene rings is 4. The van der Waals surface area contributed by atoms with E-state index in [-0.39, 0.29) is 0 Å². The molecule has 6 nitrogen and oxygen atoms in total. The van der Waals surface area contributed by atoms with Gasteiger partial charge in [-0.25, -0.2) is 0 Å². The van der Waals surface area contributed by atoms with Gasteiger partial charge in [-0.05, 0) is 142 Å². The van der Waals surface area contributed by atoms with Crippen LogP contribution in [-0.2, 0) is 0 Å². The van der Waals surface area contributed by atoms with Crippen molar-refractivity contribution in [3.8, 4) is 34.5 Å². The minimum absolute atomic E-state index is 0.379. The molecule has 0 aromatic heterocycles. The fourth-order valence-electron chi connectivity index (χ4n) is 8.04. The minimum atomic E-state index is 0.379. The third kappa shape index (κ3) is 5.35. The predicted octanol–water partition coefficient (Wildman–Crippen LogP) is 9.28. The van der Waals surface area contributed by atoms with Crippen molar-refractivity contribution >= 4 is 17.1 Å². The molecule has 4 aliphatic rings. The second kappa shape index (κ2) is 10.7. The summed E-state index contributed by atoms with van der Waals surface area (Å²) in [5.41, 5.74) is 25.3. The van der Waals surface area contributed by atoms with Gasteiger partial charge in [0.25, 0.3) is 0 Å². The number of nitrogen functional groups attached to an aromatic ring is 3. The molecule has 4 saturated carbocycles. The van der Waals surface area contributed by atoms with Crippen molar-refractivity contribution in [1.82, 2.24) is 0 Å². The van der Waals surface area contributed by atoms with Gasteiger partial charge in [-0.2, -0.15) is 0 Å². The molecular formula is C37H41N3O3. The molecule has 6 heteroatoms. The monoisotopic (exact) mass is 575 g/mol. The summed E-state index contributed by atoms with van der Waals surface area (Å²) < 4.78 is 19.9. The minimum Gasteiger partial charge on any atom is -0.455 e. The average molecular weight is 576 g/mol. The highest BCUT2D eigenvalue weighted by molar-refractivity contribution is 5.63. The highest BCUT2D eigenvalue weighted by Gasteiger charge is 2.49. The van der Waals surface area contributed by atoms with Crippen LogP contribution in [0.3, 0.4) is 0 Å². The van der Waals surface area contributed by atoms with E-state index in [2.05, 4.69) is 6.07 Å². The Morgan fingerprint density at radius 2 is 0.860 bits per heavy atom. The molecule has 4 aromatic carbocycles. The van der Waals surface area contributed by atoms with E-state index in [9.17, 15) is 0 Å². The molecule has 0 aliphatic heterocycles. The van der Waals surface area contributed by atoms with Crippen molar-refractivity contribution in [2.75, 3.05) is 17.2 Å². The molecule has 222 valence electrons. The van der Waals surface area contributed by atoms with Gasteiger partial charge in [0.1, 0.15) is 5.75 Å². The van der Waals surface area contributed by atoms with E-state index in [1.165, 1.54) is 32.1 Å². The summed E-state index contributed by atoms with van der Waals surface area (Å²) in [5.74, 6) is 6.98. The van der Waals surface area contributed by atoms with E-state index >= 15 is 0 Å². The lowest BCUT2D eigenvalue weighted by Crippen LogP contribution is -2.43. The van der Waals surface area contributed by atoms with Crippen LogP contribution in [0.25, 0.3) is 0 Å². The summed E-state index contributed by atoms with van der Waals surface area (Å²) in [6.45, 7) is 6.09. The van der Waals surface area contributed by atoms with Crippen LogP contribution in [0.2, 0.25) is 0 Å². The topological polar surface area (TPSA) is 106 Å². The Labute approximate surface area is 254 Å². The molecule has 6 N–H and O–H groups in total. The first-order chi connectivity index (χ1) is 20.7. The molecule has 43 heavy (non-hydrogen) atoms. The van der Waals surface area contributed by atoms with Crippen molar-refractivity contribution in [3.05, 3.63) is 89.0 Å². The van der Waals surface area contributed by atoms with Gasteiger partial charge < -0.3 is 31.4 Å². The number of hydrogen-bond donors (Lipinski definition) is 3. The molecule has 0 spiro atoms. The molecule has 4 aliphatic carbocycles. The summed E-state index contributed by atoms with van der Waals surface area (Å²) in [6, 6.07) is 21.6. The second-order valence-corrected chi connectivity index (χ2v) is 13.2. The fraction of sp³-hybridized carbons (Fsp3) is 0.351. The van der Waals surface area contributed by atoms with Gasteiger partial charge >= 0.3 is 0 Å². The molecule has 0 saturated heterocycles. The maximum atomic E-state index is 6.74. The van der Waals surface area contributed by atoms with Gasteiger partial charge in [0.15, 0.2) is 28.7 Å². The molecule has 4 fully saturated rings. The largest absolute Gasteiger partial charge is 0.455 e. The van der Waals surface area contributed by atoms with Gasteiger partial charge in [0.2, 0.25) is 0 Å². The van der Waals surface area contributed by atoms with Crippen LogP contribution in [0.15, 0.2) is 66.7 Å². The zero-order valence-corrected chi connectivity index (χ0v) is 25.2. The van der Waals surface area contributed by atoms with Crippen molar-refractivity contribution < 1.29 is 14.2 Å². The number of hydrogen-bond acceptors (Lipinski definition) is 6. The zero-order valence-electron chi connectivity index (χ0n) is 25.2. The molecule has 0 atom stereocenters. The Hall–Kier alpha value is -4.32. The van der Waals surface area contributed by atoms with Crippen LogP contribution in [0.5, 0.6) is 34.5 Å². The number of ether oxygens (including phenoxy) is 3. The maximum absolute atomic E-state index is 6.74. The molecule has 0 heterocycles. The van der Waals surface area contributed by atoms with Gasteiger partial charge in [0.05, 0.1) is 17.1 Å². The van der Waals surface area contributed by atoms with Crippen molar-refractivity contribution in [2.45, 2.75) is 58.8 Å². The highest BCUT2D eigenvalue weighted by Crippen LogP contribution is 2.62. The standard InChI is InChI=1S/C37H41N3O3/c1-20-4-7-28(38)32(10-20)41-31-19-36(43-34-12-22(3)6-9-30(34)40)35(42-33-11-21(2)5-8-29(33)39)18-27(31)37-25-14-23-13-24(16-25)17-26(37)15-23/h4-12,18-19,23-26,37H,13-17,38-40H2,1-3H3. The first kappa shape index (κ1) is 27.5. The zero-order chi connectivity index (χ0) is 29.8. The Balaban J connectivity index is 1.39. The highest BCUT2D eigenvalue weighted by atomic mass is 16.5. The fourth-order valence-corrected chi connectivity index (χ4v) is 8.04. The quantitative estimate of drug-likeness (QED) is 0.190. The van der Waals surface area contributed by atoms with Gasteiger partial charge in [-0.1, -0.05) is 18.2 Å². The Bertz CT molecular complexity index is 1670. The number of rotatable bonds is 7. The van der Waals surface area contributed by atoms with E-state index in [1.54, 1.807) is 0 Å². The van der Waals surface area contributed by atoms with Crippen molar-refractivity contribution in [2.24, 2.45) is 23.7 Å². The van der Waals surface area contributed by atoms with Crippen LogP contribution in [0.1, 0.15) is 60.3 Å². The third-order valence-electron chi connectivity index (χ3n) is 9.83. The second-order valence-electron chi connectivity index (χ2n) is 13.2. The summed E-state index contributed by atoms with van der Waals surface area (Å²) in [7, 11) is 0. The SMILES string of the molecule is Cc1ccc(N)c(Oc2cc(Oc3cc(C)ccc3N)c(C3C4CC5CC(C4)CC3C5)cc2Oc2cc(C)ccc2N)c1. The van der Waals surface area contributed by atoms with Crippen LogP contribution < -0.4 is 31.4 Å². The van der Waals surface area contributed by atoms with Crippen LogP contribution in [-0.4, -0.2) is 0 Å². The summed E-state index contributed by atoms with van der Waals surface area (Å²) >= 11 is 0. The van der Waals surface area contributed by atoms with Crippen molar-refractivity contribution in [3.63, 3.8) is 0 Å². The lowest BCUT2D eigenvalue weighted by Gasteiger charge is -2.54. The summed E-state index contributed by atoms with van der Waals surface area (Å²) in [6.07, 6.45) is 6.52. The lowest BCUT2D eigenvalue weighted by atomic mass is 9.50. The normalized spacial score (nSPS) is 23.7.